The Morgan fingerprint density at radius 3 is 2.45 bits per heavy atom. The molecule has 164 valence electrons. The molecular weight excluding hydrogens is 440 g/mol. The number of hydrogen-bond donors (Lipinski definition) is 0. The second kappa shape index (κ2) is 10.0. The fourth-order valence-electron chi connectivity index (χ4n) is 3.27. The third-order valence-corrected chi connectivity index (χ3v) is 6.30. The van der Waals surface area contributed by atoms with Crippen LogP contribution in [0.15, 0.2) is 47.4 Å². The van der Waals surface area contributed by atoms with Gasteiger partial charge in [-0.2, -0.15) is 0 Å². The number of amides is 2. The van der Waals surface area contributed by atoms with Gasteiger partial charge in [0.05, 0.1) is 16.2 Å². The summed E-state index contributed by atoms with van der Waals surface area (Å²) in [5.74, 6) is 0.127. The number of anilines is 1. The maximum absolute atomic E-state index is 13.1. The molecule has 3 rings (SSSR count). The first kappa shape index (κ1) is 22.9. The van der Waals surface area contributed by atoms with Crippen molar-refractivity contribution in [3.8, 4) is 0 Å². The van der Waals surface area contributed by atoms with Crippen molar-refractivity contribution in [2.75, 3.05) is 50.9 Å². The number of benzene rings is 2. The number of halogens is 1. The molecule has 1 saturated heterocycles. The molecule has 2 amide bonds. The third kappa shape index (κ3) is 5.48. The van der Waals surface area contributed by atoms with Gasteiger partial charge >= 0.3 is 0 Å². The predicted molar refractivity (Wildman–Crippen MR) is 122 cm³/mol. The number of piperazine rings is 1. The second-order valence-corrected chi connectivity index (χ2v) is 8.70. The first-order chi connectivity index (χ1) is 14.8. The van der Waals surface area contributed by atoms with Gasteiger partial charge < -0.3 is 14.7 Å². The van der Waals surface area contributed by atoms with Crippen molar-refractivity contribution in [2.45, 2.75) is 4.90 Å². The zero-order chi connectivity index (χ0) is 22.5. The van der Waals surface area contributed by atoms with Gasteiger partial charge in [-0.1, -0.05) is 23.7 Å². The Balaban J connectivity index is 1.69. The number of carbonyl (C=O) groups is 2. The summed E-state index contributed by atoms with van der Waals surface area (Å²) in [4.78, 5) is 41.9. The summed E-state index contributed by atoms with van der Waals surface area (Å²) in [5, 5.41) is 11.7. The molecule has 1 aliphatic rings. The summed E-state index contributed by atoms with van der Waals surface area (Å²) in [6.45, 7) is 1.83. The van der Waals surface area contributed by atoms with Crippen LogP contribution in [0.3, 0.4) is 0 Å². The van der Waals surface area contributed by atoms with Gasteiger partial charge in [0.25, 0.3) is 11.6 Å². The van der Waals surface area contributed by atoms with E-state index in [-0.39, 0.29) is 23.3 Å². The molecular formula is C21H23ClN4O4S. The van der Waals surface area contributed by atoms with E-state index >= 15 is 0 Å². The zero-order valence-electron chi connectivity index (χ0n) is 17.3. The molecule has 10 heteroatoms. The highest BCUT2D eigenvalue weighted by molar-refractivity contribution is 8.00. The fraction of sp³-hybridized carbons (Fsp3) is 0.333. The van der Waals surface area contributed by atoms with Gasteiger partial charge in [0.1, 0.15) is 5.69 Å². The van der Waals surface area contributed by atoms with E-state index in [1.165, 1.54) is 22.7 Å². The Hall–Kier alpha value is -2.78. The van der Waals surface area contributed by atoms with Gasteiger partial charge in [-0.05, 0) is 24.3 Å². The molecule has 0 unspecified atom stereocenters. The molecule has 0 bridgehead atoms. The van der Waals surface area contributed by atoms with E-state index in [4.69, 9.17) is 11.6 Å². The van der Waals surface area contributed by atoms with E-state index in [1.54, 1.807) is 43.3 Å². The minimum atomic E-state index is -0.443. The molecule has 0 aromatic heterocycles. The first-order valence-corrected chi connectivity index (χ1v) is 11.0. The molecule has 1 fully saturated rings. The van der Waals surface area contributed by atoms with Crippen LogP contribution in [0.4, 0.5) is 11.4 Å². The van der Waals surface area contributed by atoms with Crippen LogP contribution in [-0.2, 0) is 4.79 Å². The molecule has 0 radical (unpaired) electrons. The van der Waals surface area contributed by atoms with Crippen LogP contribution in [-0.4, -0.2) is 72.6 Å². The van der Waals surface area contributed by atoms with Crippen LogP contribution < -0.4 is 4.90 Å². The van der Waals surface area contributed by atoms with Gasteiger partial charge in [-0.3, -0.25) is 19.7 Å². The van der Waals surface area contributed by atoms with E-state index in [9.17, 15) is 19.7 Å². The summed E-state index contributed by atoms with van der Waals surface area (Å²) in [5.41, 5.74) is 1.02. The van der Waals surface area contributed by atoms with Gasteiger partial charge in [-0.25, -0.2) is 0 Å². The minimum Gasteiger partial charge on any atom is -0.362 e. The topological polar surface area (TPSA) is 87.0 Å². The Labute approximate surface area is 189 Å². The van der Waals surface area contributed by atoms with E-state index < -0.39 is 4.92 Å². The molecule has 0 saturated carbocycles. The van der Waals surface area contributed by atoms with Crippen LogP contribution in [0.1, 0.15) is 10.4 Å². The van der Waals surface area contributed by atoms with Gasteiger partial charge in [0, 0.05) is 56.3 Å². The summed E-state index contributed by atoms with van der Waals surface area (Å²) in [6, 6.07) is 11.9. The summed E-state index contributed by atoms with van der Waals surface area (Å²) in [6.07, 6.45) is 0. The number of nitrogens with zero attached hydrogens (tertiary/aromatic N) is 4. The average molecular weight is 463 g/mol. The van der Waals surface area contributed by atoms with Crippen molar-refractivity contribution in [3.05, 3.63) is 63.2 Å². The van der Waals surface area contributed by atoms with Gasteiger partial charge in [-0.15, -0.1) is 11.8 Å². The smallest absolute Gasteiger partial charge is 0.294 e. The molecule has 0 atom stereocenters. The largest absolute Gasteiger partial charge is 0.362 e. The Morgan fingerprint density at radius 1 is 1.13 bits per heavy atom. The fourth-order valence-corrected chi connectivity index (χ4v) is 4.46. The lowest BCUT2D eigenvalue weighted by molar-refractivity contribution is -0.384. The van der Waals surface area contributed by atoms with Gasteiger partial charge in [0.2, 0.25) is 5.91 Å². The summed E-state index contributed by atoms with van der Waals surface area (Å²) < 4.78 is 0. The molecule has 1 aliphatic heterocycles. The number of thioether (sulfide) groups is 1. The average Bonchev–Trinajstić information content (AvgIpc) is 2.77. The SMILES string of the molecule is CN(C)C(=O)CSc1ccccc1C(=O)N1CCN(c2ccc(Cl)cc2[N+](=O)[O-])CC1. The Kier molecular flexibility index (Phi) is 7.40. The van der Waals surface area contributed by atoms with Crippen LogP contribution in [0.25, 0.3) is 0 Å². The van der Waals surface area contributed by atoms with Crippen molar-refractivity contribution in [2.24, 2.45) is 0 Å². The Morgan fingerprint density at radius 2 is 1.81 bits per heavy atom. The number of carbonyl (C=O) groups excluding carboxylic acids is 2. The van der Waals surface area contributed by atoms with Crippen LogP contribution >= 0.6 is 23.4 Å². The molecule has 0 spiro atoms. The van der Waals surface area contributed by atoms with Crippen LogP contribution in [0.5, 0.6) is 0 Å². The monoisotopic (exact) mass is 462 g/mol. The van der Waals surface area contributed by atoms with E-state index in [1.807, 2.05) is 17.0 Å². The van der Waals surface area contributed by atoms with Crippen molar-refractivity contribution in [3.63, 3.8) is 0 Å². The lowest BCUT2D eigenvalue weighted by Gasteiger charge is -2.36. The number of nitro benzene ring substituents is 1. The second-order valence-electron chi connectivity index (χ2n) is 7.24. The Bertz CT molecular complexity index is 993. The van der Waals surface area contributed by atoms with Crippen molar-refractivity contribution in [1.29, 1.82) is 0 Å². The van der Waals surface area contributed by atoms with Crippen molar-refractivity contribution < 1.29 is 14.5 Å². The first-order valence-electron chi connectivity index (χ1n) is 9.68. The molecule has 2 aromatic rings. The molecule has 2 aromatic carbocycles. The number of rotatable bonds is 6. The molecule has 0 aliphatic carbocycles. The lowest BCUT2D eigenvalue weighted by Crippen LogP contribution is -2.49. The number of hydrogen-bond acceptors (Lipinski definition) is 6. The standard InChI is InChI=1S/C21H23ClN4O4S/c1-23(2)20(27)14-31-19-6-4-3-5-16(19)21(28)25-11-9-24(10-12-25)17-8-7-15(22)13-18(17)26(29)30/h3-8,13H,9-12,14H2,1-2H3. The molecule has 8 nitrogen and oxygen atoms in total. The quantitative estimate of drug-likeness (QED) is 0.371. The molecule has 1 heterocycles. The maximum atomic E-state index is 13.1. The predicted octanol–water partition coefficient (Wildman–Crippen LogP) is 3.39. The van der Waals surface area contributed by atoms with Crippen LogP contribution in [0, 0.1) is 10.1 Å². The maximum Gasteiger partial charge on any atom is 0.294 e. The molecule has 31 heavy (non-hydrogen) atoms. The number of nitro groups is 1. The van der Waals surface area contributed by atoms with Crippen LogP contribution in [0.2, 0.25) is 5.02 Å². The van der Waals surface area contributed by atoms with Gasteiger partial charge in [0.15, 0.2) is 0 Å². The van der Waals surface area contributed by atoms with Crippen molar-refractivity contribution in [1.82, 2.24) is 9.80 Å². The molecule has 0 N–H and O–H groups in total. The van der Waals surface area contributed by atoms with Crippen molar-refractivity contribution >= 4 is 46.6 Å². The highest BCUT2D eigenvalue weighted by atomic mass is 35.5. The minimum absolute atomic E-state index is 0.0228. The third-order valence-electron chi connectivity index (χ3n) is 5.01. The van der Waals surface area contributed by atoms with E-state index in [0.717, 1.165) is 4.90 Å². The zero-order valence-corrected chi connectivity index (χ0v) is 18.9. The van der Waals surface area contributed by atoms with E-state index in [0.29, 0.717) is 42.5 Å². The summed E-state index contributed by atoms with van der Waals surface area (Å²) in [7, 11) is 3.40. The normalized spacial score (nSPS) is 13.8. The lowest BCUT2D eigenvalue weighted by atomic mass is 10.1. The highest BCUT2D eigenvalue weighted by Gasteiger charge is 2.27. The van der Waals surface area contributed by atoms with E-state index in [2.05, 4.69) is 0 Å². The summed E-state index contributed by atoms with van der Waals surface area (Å²) >= 11 is 7.25. The highest BCUT2D eigenvalue weighted by Crippen LogP contribution is 2.32.